The average molecular weight is 426 g/mol. The molecule has 30 heavy (non-hydrogen) atoms. The van der Waals surface area contributed by atoms with Gasteiger partial charge in [-0.15, -0.1) is 11.8 Å². The van der Waals surface area contributed by atoms with E-state index in [1.807, 2.05) is 37.3 Å². The van der Waals surface area contributed by atoms with Gasteiger partial charge in [-0.1, -0.05) is 18.2 Å². The Morgan fingerprint density at radius 1 is 1.10 bits per heavy atom. The number of nitrogens with one attached hydrogen (secondary N) is 1. The number of pyridine rings is 1. The van der Waals surface area contributed by atoms with Crippen LogP contribution in [0, 0.1) is 6.92 Å². The molecular formula is C22H23N3O4S. The maximum absolute atomic E-state index is 12.2. The molecule has 1 amide bonds. The molecule has 0 unspecified atom stereocenters. The Hall–Kier alpha value is -3.26. The molecule has 0 radical (unpaired) electrons. The smallest absolute Gasteiger partial charge is 0.250 e. The predicted molar refractivity (Wildman–Crippen MR) is 119 cm³/mol. The van der Waals surface area contributed by atoms with Crippen LogP contribution in [0.2, 0.25) is 0 Å². The molecule has 0 saturated heterocycles. The second-order valence-corrected chi connectivity index (χ2v) is 7.34. The molecule has 0 spiro atoms. The number of thioether (sulfide) groups is 1. The van der Waals surface area contributed by atoms with Crippen LogP contribution in [-0.4, -0.2) is 44.2 Å². The van der Waals surface area contributed by atoms with Gasteiger partial charge in [-0.05, 0) is 31.2 Å². The van der Waals surface area contributed by atoms with Crippen molar-refractivity contribution < 1.29 is 19.0 Å². The number of hydrogen-bond acceptors (Lipinski definition) is 7. The number of aryl methyl sites for hydroxylation is 1. The second-order valence-electron chi connectivity index (χ2n) is 6.32. The third-order valence-electron chi connectivity index (χ3n) is 4.25. The van der Waals surface area contributed by atoms with Crippen molar-refractivity contribution in [3.63, 3.8) is 0 Å². The van der Waals surface area contributed by atoms with E-state index in [0.717, 1.165) is 21.5 Å². The zero-order valence-electron chi connectivity index (χ0n) is 17.3. The number of carbonyl (C=O) groups excluding carboxylic acids is 1. The van der Waals surface area contributed by atoms with E-state index in [0.29, 0.717) is 22.8 Å². The molecule has 0 bridgehead atoms. The highest BCUT2D eigenvalue weighted by Crippen LogP contribution is 2.37. The fourth-order valence-corrected chi connectivity index (χ4v) is 3.85. The molecule has 0 aliphatic heterocycles. The maximum atomic E-state index is 12.2. The molecule has 2 aromatic carbocycles. The summed E-state index contributed by atoms with van der Waals surface area (Å²) in [6.07, 6.45) is 1.53. The molecule has 7 nitrogen and oxygen atoms in total. The highest BCUT2D eigenvalue weighted by molar-refractivity contribution is 8.00. The molecule has 0 aliphatic carbocycles. The fourth-order valence-electron chi connectivity index (χ4n) is 2.92. The van der Waals surface area contributed by atoms with Gasteiger partial charge in [-0.3, -0.25) is 9.78 Å². The maximum Gasteiger partial charge on any atom is 0.250 e. The monoisotopic (exact) mass is 425 g/mol. The number of hydrazone groups is 1. The first-order valence-corrected chi connectivity index (χ1v) is 10.2. The molecule has 1 heterocycles. The van der Waals surface area contributed by atoms with Crippen molar-refractivity contribution in [2.45, 2.75) is 11.8 Å². The van der Waals surface area contributed by atoms with E-state index in [-0.39, 0.29) is 11.7 Å². The van der Waals surface area contributed by atoms with Gasteiger partial charge in [-0.2, -0.15) is 5.10 Å². The van der Waals surface area contributed by atoms with Crippen molar-refractivity contribution in [1.82, 2.24) is 10.4 Å². The van der Waals surface area contributed by atoms with Gasteiger partial charge in [0.25, 0.3) is 0 Å². The van der Waals surface area contributed by atoms with Crippen molar-refractivity contribution in [1.29, 1.82) is 0 Å². The van der Waals surface area contributed by atoms with Gasteiger partial charge in [0.05, 0.1) is 38.8 Å². The Morgan fingerprint density at radius 3 is 2.47 bits per heavy atom. The van der Waals surface area contributed by atoms with Crippen molar-refractivity contribution in [2.24, 2.45) is 5.10 Å². The van der Waals surface area contributed by atoms with Crippen LogP contribution in [0.3, 0.4) is 0 Å². The van der Waals surface area contributed by atoms with Crippen LogP contribution >= 0.6 is 11.8 Å². The molecule has 3 aromatic rings. The number of nitrogens with zero attached hydrogens (tertiary/aromatic N) is 2. The van der Waals surface area contributed by atoms with Crippen molar-refractivity contribution in [3.8, 4) is 17.2 Å². The Balaban J connectivity index is 1.65. The minimum Gasteiger partial charge on any atom is -0.493 e. The third kappa shape index (κ3) is 5.01. The number of amides is 1. The van der Waals surface area contributed by atoms with E-state index in [1.165, 1.54) is 18.0 Å². The molecule has 1 aromatic heterocycles. The molecule has 156 valence electrons. The van der Waals surface area contributed by atoms with Crippen LogP contribution in [0.4, 0.5) is 0 Å². The third-order valence-corrected chi connectivity index (χ3v) is 5.31. The summed E-state index contributed by atoms with van der Waals surface area (Å²) in [5.74, 6) is 1.56. The van der Waals surface area contributed by atoms with Crippen LogP contribution in [0.1, 0.15) is 11.3 Å². The van der Waals surface area contributed by atoms with Crippen molar-refractivity contribution in [2.75, 3.05) is 27.1 Å². The number of rotatable bonds is 8. The number of benzene rings is 2. The Kier molecular flexibility index (Phi) is 7.13. The van der Waals surface area contributed by atoms with Gasteiger partial charge >= 0.3 is 0 Å². The first-order chi connectivity index (χ1) is 14.5. The summed E-state index contributed by atoms with van der Waals surface area (Å²) in [5, 5.41) is 5.07. The lowest BCUT2D eigenvalue weighted by Crippen LogP contribution is -2.19. The summed E-state index contributed by atoms with van der Waals surface area (Å²) in [6, 6.07) is 13.4. The number of fused-ring (bicyclic) bond motifs is 1. The number of ether oxygens (including phenoxy) is 3. The van der Waals surface area contributed by atoms with Gasteiger partial charge in [0, 0.05) is 21.5 Å². The van der Waals surface area contributed by atoms with Gasteiger partial charge in [0.1, 0.15) is 0 Å². The van der Waals surface area contributed by atoms with Crippen LogP contribution in [0.5, 0.6) is 17.2 Å². The quantitative estimate of drug-likeness (QED) is 0.336. The summed E-state index contributed by atoms with van der Waals surface area (Å²) >= 11 is 1.45. The summed E-state index contributed by atoms with van der Waals surface area (Å²) in [4.78, 5) is 17.8. The first kappa shape index (κ1) is 21.4. The van der Waals surface area contributed by atoms with E-state index in [2.05, 4.69) is 15.5 Å². The van der Waals surface area contributed by atoms with E-state index >= 15 is 0 Å². The normalized spacial score (nSPS) is 10.9. The minimum absolute atomic E-state index is 0.206. The molecule has 0 atom stereocenters. The largest absolute Gasteiger partial charge is 0.493 e. The molecule has 0 saturated carbocycles. The molecule has 8 heteroatoms. The lowest BCUT2D eigenvalue weighted by Gasteiger charge is -2.12. The molecular weight excluding hydrogens is 402 g/mol. The average Bonchev–Trinajstić information content (AvgIpc) is 2.76. The van der Waals surface area contributed by atoms with Crippen LogP contribution in [0.15, 0.2) is 52.5 Å². The highest BCUT2D eigenvalue weighted by atomic mass is 32.2. The van der Waals surface area contributed by atoms with E-state index in [4.69, 9.17) is 14.2 Å². The lowest BCUT2D eigenvalue weighted by atomic mass is 10.2. The minimum atomic E-state index is -0.206. The molecule has 0 aliphatic rings. The van der Waals surface area contributed by atoms with Gasteiger partial charge < -0.3 is 14.2 Å². The van der Waals surface area contributed by atoms with Gasteiger partial charge in [-0.25, -0.2) is 5.43 Å². The molecule has 1 N–H and O–H groups in total. The van der Waals surface area contributed by atoms with Gasteiger partial charge in [0.15, 0.2) is 11.5 Å². The Labute approximate surface area is 179 Å². The summed E-state index contributed by atoms with van der Waals surface area (Å²) in [7, 11) is 4.63. The standard InChI is InChI=1S/C22H23N3O4S/c1-14-9-20(16-7-5-6-8-17(16)24-14)30-13-21(26)25-23-12-15-10-18(27-2)22(29-4)19(11-15)28-3/h5-12H,13H2,1-4H3,(H,25,26). The van der Waals surface area contributed by atoms with Crippen molar-refractivity contribution >= 4 is 34.8 Å². The Morgan fingerprint density at radius 2 is 1.80 bits per heavy atom. The SMILES string of the molecule is COc1cc(C=NNC(=O)CSc2cc(C)nc3ccccc23)cc(OC)c1OC. The zero-order valence-corrected chi connectivity index (χ0v) is 18.1. The lowest BCUT2D eigenvalue weighted by molar-refractivity contribution is -0.118. The summed E-state index contributed by atoms with van der Waals surface area (Å²) in [5.41, 5.74) is 5.08. The summed E-state index contributed by atoms with van der Waals surface area (Å²) < 4.78 is 15.9. The molecule has 0 fully saturated rings. The van der Waals surface area contributed by atoms with Crippen LogP contribution in [0.25, 0.3) is 10.9 Å². The first-order valence-electron chi connectivity index (χ1n) is 9.16. The summed E-state index contributed by atoms with van der Waals surface area (Å²) in [6.45, 7) is 1.94. The van der Waals surface area contributed by atoms with E-state index in [1.54, 1.807) is 33.5 Å². The fraction of sp³-hybridized carbons (Fsp3) is 0.227. The van der Waals surface area contributed by atoms with Gasteiger partial charge in [0.2, 0.25) is 11.7 Å². The number of methoxy groups -OCH3 is 3. The van der Waals surface area contributed by atoms with E-state index in [9.17, 15) is 4.79 Å². The number of para-hydroxylation sites is 1. The predicted octanol–water partition coefficient (Wildman–Crippen LogP) is 3.81. The number of aromatic nitrogens is 1. The highest BCUT2D eigenvalue weighted by Gasteiger charge is 2.12. The van der Waals surface area contributed by atoms with Crippen LogP contribution < -0.4 is 19.6 Å². The number of hydrogen-bond donors (Lipinski definition) is 1. The second kappa shape index (κ2) is 9.98. The van der Waals surface area contributed by atoms with Crippen LogP contribution in [-0.2, 0) is 4.79 Å². The topological polar surface area (TPSA) is 82.0 Å². The van der Waals surface area contributed by atoms with Crippen molar-refractivity contribution in [3.05, 3.63) is 53.7 Å². The zero-order chi connectivity index (χ0) is 21.5. The Bertz CT molecular complexity index is 1060. The number of carbonyl (C=O) groups is 1. The molecule has 3 rings (SSSR count). The van der Waals surface area contributed by atoms with E-state index < -0.39 is 0 Å².